The van der Waals surface area contributed by atoms with Crippen molar-refractivity contribution in [1.29, 1.82) is 0 Å². The molecule has 1 aliphatic rings. The summed E-state index contributed by atoms with van der Waals surface area (Å²) >= 11 is 0. The lowest BCUT2D eigenvalue weighted by Gasteiger charge is -2.31. The molecule has 0 N–H and O–H groups in total. The van der Waals surface area contributed by atoms with Gasteiger partial charge in [-0.25, -0.2) is 0 Å². The van der Waals surface area contributed by atoms with Crippen molar-refractivity contribution in [2.24, 2.45) is 5.92 Å². The third-order valence-electron chi connectivity index (χ3n) is 4.67. The number of ether oxygens (including phenoxy) is 1. The minimum Gasteiger partial charge on any atom is -0.466 e. The first-order chi connectivity index (χ1) is 12.1. The molecule has 2 heterocycles. The quantitative estimate of drug-likeness (QED) is 0.803. The Balaban J connectivity index is 1.79. The maximum Gasteiger partial charge on any atom is 0.310 e. The van der Waals surface area contributed by atoms with Crippen molar-refractivity contribution in [1.82, 2.24) is 9.47 Å². The molecular formula is C20H24N2O3. The van der Waals surface area contributed by atoms with E-state index in [9.17, 15) is 9.59 Å². The van der Waals surface area contributed by atoms with Crippen LogP contribution in [0.5, 0.6) is 0 Å². The van der Waals surface area contributed by atoms with E-state index in [0.29, 0.717) is 25.3 Å². The number of amides is 1. The first-order valence-electron chi connectivity index (χ1n) is 8.80. The van der Waals surface area contributed by atoms with Gasteiger partial charge in [0.2, 0.25) is 0 Å². The van der Waals surface area contributed by atoms with Gasteiger partial charge in [-0.05, 0) is 56.5 Å². The average Bonchev–Trinajstić information content (AvgIpc) is 3.16. The van der Waals surface area contributed by atoms with E-state index in [2.05, 4.69) is 0 Å². The van der Waals surface area contributed by atoms with Crippen LogP contribution in [-0.2, 0) is 9.53 Å². The van der Waals surface area contributed by atoms with Gasteiger partial charge in [0.05, 0.1) is 12.5 Å². The topological polar surface area (TPSA) is 51.5 Å². The van der Waals surface area contributed by atoms with Crippen LogP contribution in [0.25, 0.3) is 5.69 Å². The van der Waals surface area contributed by atoms with Crippen LogP contribution in [0, 0.1) is 12.8 Å². The molecule has 3 rings (SSSR count). The summed E-state index contributed by atoms with van der Waals surface area (Å²) in [5, 5.41) is 0. The maximum atomic E-state index is 12.9. The Morgan fingerprint density at radius 1 is 1.24 bits per heavy atom. The molecule has 0 bridgehead atoms. The fourth-order valence-corrected chi connectivity index (χ4v) is 3.31. The number of carbonyl (C=O) groups excluding carboxylic acids is 2. The summed E-state index contributed by atoms with van der Waals surface area (Å²) in [6, 6.07) is 9.67. The number of nitrogens with zero attached hydrogens (tertiary/aromatic N) is 2. The van der Waals surface area contributed by atoms with Gasteiger partial charge in [0, 0.05) is 36.7 Å². The average molecular weight is 340 g/mol. The lowest BCUT2D eigenvalue weighted by Crippen LogP contribution is -2.42. The van der Waals surface area contributed by atoms with Gasteiger partial charge in [-0.15, -0.1) is 0 Å². The third-order valence-corrected chi connectivity index (χ3v) is 4.67. The van der Waals surface area contributed by atoms with Gasteiger partial charge in [0.25, 0.3) is 5.91 Å². The number of hydrogen-bond acceptors (Lipinski definition) is 3. The summed E-state index contributed by atoms with van der Waals surface area (Å²) in [7, 11) is 0. The van der Waals surface area contributed by atoms with E-state index in [1.165, 1.54) is 0 Å². The molecule has 0 unspecified atom stereocenters. The number of likely N-dealkylation sites (tertiary alicyclic amines) is 1. The van der Waals surface area contributed by atoms with Crippen LogP contribution >= 0.6 is 0 Å². The maximum absolute atomic E-state index is 12.9. The second-order valence-corrected chi connectivity index (χ2v) is 6.43. The van der Waals surface area contributed by atoms with Crippen molar-refractivity contribution in [3.63, 3.8) is 0 Å². The number of piperidine rings is 1. The Morgan fingerprint density at radius 2 is 2.00 bits per heavy atom. The predicted molar refractivity (Wildman–Crippen MR) is 95.8 cm³/mol. The van der Waals surface area contributed by atoms with Gasteiger partial charge < -0.3 is 14.2 Å². The molecule has 0 saturated carbocycles. The minimum atomic E-state index is -0.216. The highest BCUT2D eigenvalue weighted by Gasteiger charge is 2.29. The van der Waals surface area contributed by atoms with E-state index in [1.807, 2.05) is 54.2 Å². The Labute approximate surface area is 148 Å². The number of esters is 1. The molecule has 0 spiro atoms. The SMILES string of the molecule is CCOC(=O)[C@H]1CCCN(C(=O)c2ccc(C)c(-n3cccc3)c2)C1. The van der Waals surface area contributed by atoms with Crippen molar-refractivity contribution >= 4 is 11.9 Å². The second kappa shape index (κ2) is 7.55. The number of aryl methyl sites for hydroxylation is 1. The van der Waals surface area contributed by atoms with Gasteiger partial charge >= 0.3 is 5.97 Å². The van der Waals surface area contributed by atoms with Gasteiger partial charge in [-0.3, -0.25) is 9.59 Å². The summed E-state index contributed by atoms with van der Waals surface area (Å²) in [6.45, 7) is 5.33. The molecule has 0 aliphatic carbocycles. The van der Waals surface area contributed by atoms with E-state index >= 15 is 0 Å². The first kappa shape index (κ1) is 17.3. The lowest BCUT2D eigenvalue weighted by atomic mass is 9.97. The minimum absolute atomic E-state index is 0.0256. The smallest absolute Gasteiger partial charge is 0.310 e. The number of rotatable bonds is 4. The molecule has 1 fully saturated rings. The van der Waals surface area contributed by atoms with Crippen molar-refractivity contribution in [2.45, 2.75) is 26.7 Å². The van der Waals surface area contributed by atoms with E-state index in [1.54, 1.807) is 11.8 Å². The van der Waals surface area contributed by atoms with Crippen molar-refractivity contribution in [2.75, 3.05) is 19.7 Å². The highest BCUT2D eigenvalue weighted by molar-refractivity contribution is 5.95. The monoisotopic (exact) mass is 340 g/mol. The molecule has 5 nitrogen and oxygen atoms in total. The van der Waals surface area contributed by atoms with Crippen molar-refractivity contribution in [3.8, 4) is 5.69 Å². The van der Waals surface area contributed by atoms with Crippen LogP contribution in [0.4, 0.5) is 0 Å². The number of benzene rings is 1. The van der Waals surface area contributed by atoms with Crippen LogP contribution < -0.4 is 0 Å². The highest BCUT2D eigenvalue weighted by Crippen LogP contribution is 2.22. The second-order valence-electron chi connectivity index (χ2n) is 6.43. The lowest BCUT2D eigenvalue weighted by molar-refractivity contribution is -0.149. The fourth-order valence-electron chi connectivity index (χ4n) is 3.31. The highest BCUT2D eigenvalue weighted by atomic mass is 16.5. The number of hydrogen-bond donors (Lipinski definition) is 0. The van der Waals surface area contributed by atoms with Crippen molar-refractivity contribution in [3.05, 3.63) is 53.9 Å². The van der Waals surface area contributed by atoms with Gasteiger partial charge in [0.15, 0.2) is 0 Å². The van der Waals surface area contributed by atoms with Crippen LogP contribution in [0.3, 0.4) is 0 Å². The molecule has 2 aromatic rings. The molecule has 1 atom stereocenters. The molecule has 1 aromatic carbocycles. The molecule has 1 amide bonds. The molecular weight excluding hydrogens is 316 g/mol. The number of carbonyl (C=O) groups is 2. The molecule has 25 heavy (non-hydrogen) atoms. The van der Waals surface area contributed by atoms with Gasteiger partial charge in [-0.1, -0.05) is 6.07 Å². The fraction of sp³-hybridized carbons (Fsp3) is 0.400. The zero-order valence-electron chi connectivity index (χ0n) is 14.8. The summed E-state index contributed by atoms with van der Waals surface area (Å²) in [5.74, 6) is -0.439. The molecule has 1 saturated heterocycles. The number of aromatic nitrogens is 1. The molecule has 5 heteroatoms. The summed E-state index contributed by atoms with van der Waals surface area (Å²) in [6.07, 6.45) is 5.54. The van der Waals surface area contributed by atoms with E-state index in [0.717, 1.165) is 24.1 Å². The predicted octanol–water partition coefficient (Wildman–Crippen LogP) is 3.20. The molecule has 0 radical (unpaired) electrons. The van der Waals surface area contributed by atoms with E-state index in [4.69, 9.17) is 4.74 Å². The third kappa shape index (κ3) is 3.76. The van der Waals surface area contributed by atoms with Crippen LogP contribution in [0.15, 0.2) is 42.7 Å². The summed E-state index contributed by atoms with van der Waals surface area (Å²) in [4.78, 5) is 26.7. The van der Waals surface area contributed by atoms with Gasteiger partial charge in [0.1, 0.15) is 0 Å². The van der Waals surface area contributed by atoms with Crippen LogP contribution in [0.2, 0.25) is 0 Å². The van der Waals surface area contributed by atoms with E-state index in [-0.39, 0.29) is 17.8 Å². The van der Waals surface area contributed by atoms with Crippen LogP contribution in [-0.4, -0.2) is 41.0 Å². The van der Waals surface area contributed by atoms with Gasteiger partial charge in [-0.2, -0.15) is 0 Å². The largest absolute Gasteiger partial charge is 0.466 e. The Kier molecular flexibility index (Phi) is 5.22. The summed E-state index contributed by atoms with van der Waals surface area (Å²) in [5.41, 5.74) is 2.75. The first-order valence-corrected chi connectivity index (χ1v) is 8.80. The Morgan fingerprint density at radius 3 is 2.72 bits per heavy atom. The molecule has 132 valence electrons. The van der Waals surface area contributed by atoms with Crippen molar-refractivity contribution < 1.29 is 14.3 Å². The molecule has 1 aliphatic heterocycles. The zero-order valence-corrected chi connectivity index (χ0v) is 14.8. The van der Waals surface area contributed by atoms with E-state index < -0.39 is 0 Å². The standard InChI is InChI=1S/C20H24N2O3/c1-3-25-20(24)17-7-6-12-22(14-17)19(23)16-9-8-15(2)18(13-16)21-10-4-5-11-21/h4-5,8-11,13,17H,3,6-7,12,14H2,1-2H3/t17-/m0/s1. The Hall–Kier alpha value is -2.56. The normalized spacial score (nSPS) is 17.4. The Bertz CT molecular complexity index is 752. The summed E-state index contributed by atoms with van der Waals surface area (Å²) < 4.78 is 7.12. The zero-order chi connectivity index (χ0) is 17.8. The van der Waals surface area contributed by atoms with Crippen LogP contribution in [0.1, 0.15) is 35.7 Å². The molecule has 1 aromatic heterocycles.